The number of primary amides is 1. The molecule has 0 saturated heterocycles. The van der Waals surface area contributed by atoms with Gasteiger partial charge < -0.3 is 11.5 Å². The summed E-state index contributed by atoms with van der Waals surface area (Å²) in [5, 5.41) is 3.99. The van der Waals surface area contributed by atoms with E-state index in [9.17, 15) is 4.79 Å². The Balaban J connectivity index is 2.52. The van der Waals surface area contributed by atoms with Gasteiger partial charge in [-0.05, 0) is 40.1 Å². The first-order valence-electron chi connectivity index (χ1n) is 4.40. The van der Waals surface area contributed by atoms with Crippen molar-refractivity contribution in [3.8, 4) is 11.1 Å². The minimum atomic E-state index is -0.496. The molecule has 1 aromatic carbocycles. The van der Waals surface area contributed by atoms with E-state index in [0.717, 1.165) is 11.1 Å². The van der Waals surface area contributed by atoms with Crippen LogP contribution in [-0.4, -0.2) is 5.91 Å². The van der Waals surface area contributed by atoms with E-state index < -0.39 is 5.91 Å². The molecule has 76 valence electrons. The molecule has 0 spiro atoms. The number of carbonyl (C=O) groups excluding carboxylic acids is 1. The maximum Gasteiger partial charge on any atom is 0.250 e. The van der Waals surface area contributed by atoms with E-state index in [1.165, 1.54) is 0 Å². The minimum Gasteiger partial charge on any atom is -0.398 e. The number of amides is 1. The van der Waals surface area contributed by atoms with Gasteiger partial charge in [0.05, 0.1) is 5.56 Å². The summed E-state index contributed by atoms with van der Waals surface area (Å²) in [5.74, 6) is -0.496. The van der Waals surface area contributed by atoms with Crippen LogP contribution in [0.25, 0.3) is 11.1 Å². The number of nitrogens with two attached hydrogens (primary N) is 2. The Morgan fingerprint density at radius 3 is 2.60 bits per heavy atom. The second kappa shape index (κ2) is 3.74. The van der Waals surface area contributed by atoms with Crippen LogP contribution in [0.1, 0.15) is 10.4 Å². The van der Waals surface area contributed by atoms with E-state index >= 15 is 0 Å². The standard InChI is InChI=1S/C11H10N2OS/c12-10-2-1-7(5-9(10)11(13)14)8-3-4-15-6-8/h1-6H,12H2,(H2,13,14). The summed E-state index contributed by atoms with van der Waals surface area (Å²) in [6, 6.07) is 7.29. The number of anilines is 1. The second-order valence-electron chi connectivity index (χ2n) is 3.18. The molecule has 0 unspecified atom stereocenters. The summed E-state index contributed by atoms with van der Waals surface area (Å²) in [4.78, 5) is 11.1. The molecule has 1 heterocycles. The van der Waals surface area contributed by atoms with Gasteiger partial charge in [-0.15, -0.1) is 0 Å². The van der Waals surface area contributed by atoms with Gasteiger partial charge in [-0.1, -0.05) is 6.07 Å². The van der Waals surface area contributed by atoms with Crippen molar-refractivity contribution in [1.82, 2.24) is 0 Å². The van der Waals surface area contributed by atoms with E-state index in [-0.39, 0.29) is 0 Å². The lowest BCUT2D eigenvalue weighted by Crippen LogP contribution is -2.13. The fraction of sp³-hybridized carbons (Fsp3) is 0. The van der Waals surface area contributed by atoms with Crippen molar-refractivity contribution < 1.29 is 4.79 Å². The van der Waals surface area contributed by atoms with E-state index in [0.29, 0.717) is 11.3 Å². The molecule has 0 atom stereocenters. The van der Waals surface area contributed by atoms with Gasteiger partial charge in [0.2, 0.25) is 0 Å². The summed E-state index contributed by atoms with van der Waals surface area (Å²) in [6.45, 7) is 0. The monoisotopic (exact) mass is 218 g/mol. The van der Waals surface area contributed by atoms with Gasteiger partial charge in [-0.3, -0.25) is 4.79 Å². The molecule has 1 aromatic heterocycles. The number of hydrogen-bond acceptors (Lipinski definition) is 3. The second-order valence-corrected chi connectivity index (χ2v) is 3.96. The molecular formula is C11H10N2OS. The fourth-order valence-electron chi connectivity index (χ4n) is 1.38. The van der Waals surface area contributed by atoms with Crippen molar-refractivity contribution in [3.63, 3.8) is 0 Å². The summed E-state index contributed by atoms with van der Waals surface area (Å²) in [7, 11) is 0. The highest BCUT2D eigenvalue weighted by atomic mass is 32.1. The predicted octanol–water partition coefficient (Wildman–Crippen LogP) is 2.10. The molecule has 0 aliphatic rings. The summed E-state index contributed by atoms with van der Waals surface area (Å²) in [6.07, 6.45) is 0. The lowest BCUT2D eigenvalue weighted by molar-refractivity contribution is 0.100. The zero-order valence-corrected chi connectivity index (χ0v) is 8.75. The van der Waals surface area contributed by atoms with E-state index in [1.54, 1.807) is 23.5 Å². The summed E-state index contributed by atoms with van der Waals surface area (Å²) >= 11 is 1.61. The molecule has 0 fully saturated rings. The third-order valence-electron chi connectivity index (χ3n) is 2.17. The molecule has 4 N–H and O–H groups in total. The molecule has 15 heavy (non-hydrogen) atoms. The van der Waals surface area contributed by atoms with Crippen molar-refractivity contribution in [2.24, 2.45) is 5.73 Å². The van der Waals surface area contributed by atoms with Gasteiger partial charge in [0.1, 0.15) is 0 Å². The number of benzene rings is 1. The SMILES string of the molecule is NC(=O)c1cc(-c2ccsc2)ccc1N. The molecule has 1 amide bonds. The van der Waals surface area contributed by atoms with Crippen LogP contribution in [0.2, 0.25) is 0 Å². The quantitative estimate of drug-likeness (QED) is 0.758. The highest BCUT2D eigenvalue weighted by molar-refractivity contribution is 7.08. The average molecular weight is 218 g/mol. The molecule has 4 heteroatoms. The smallest absolute Gasteiger partial charge is 0.250 e. The third kappa shape index (κ3) is 1.85. The van der Waals surface area contributed by atoms with E-state index in [4.69, 9.17) is 11.5 Å². The van der Waals surface area contributed by atoms with Crippen LogP contribution in [0, 0.1) is 0 Å². The van der Waals surface area contributed by atoms with Crippen LogP contribution in [0.3, 0.4) is 0 Å². The Kier molecular flexibility index (Phi) is 2.43. The first kappa shape index (κ1) is 9.73. The summed E-state index contributed by atoms with van der Waals surface area (Å²) in [5.41, 5.74) is 13.7. The van der Waals surface area contributed by atoms with Crippen molar-refractivity contribution in [3.05, 3.63) is 40.6 Å². The van der Waals surface area contributed by atoms with Crippen LogP contribution in [0.4, 0.5) is 5.69 Å². The molecule has 3 nitrogen and oxygen atoms in total. The maximum atomic E-state index is 11.1. The first-order valence-corrected chi connectivity index (χ1v) is 5.34. The van der Waals surface area contributed by atoms with E-state index in [1.807, 2.05) is 22.9 Å². The Hall–Kier alpha value is -1.81. The normalized spacial score (nSPS) is 10.1. The molecule has 0 radical (unpaired) electrons. The highest BCUT2D eigenvalue weighted by Gasteiger charge is 2.07. The van der Waals surface area contributed by atoms with Crippen LogP contribution < -0.4 is 11.5 Å². The topological polar surface area (TPSA) is 69.1 Å². The number of hydrogen-bond donors (Lipinski definition) is 2. The van der Waals surface area contributed by atoms with Gasteiger partial charge in [0.25, 0.3) is 5.91 Å². The minimum absolute atomic E-state index is 0.374. The molecular weight excluding hydrogens is 208 g/mol. The molecule has 2 aromatic rings. The first-order chi connectivity index (χ1) is 7.18. The van der Waals surface area contributed by atoms with Crippen molar-refractivity contribution in [2.75, 3.05) is 5.73 Å². The molecule has 0 aliphatic heterocycles. The van der Waals surface area contributed by atoms with Crippen molar-refractivity contribution in [2.45, 2.75) is 0 Å². The van der Waals surface area contributed by atoms with Crippen molar-refractivity contribution >= 4 is 22.9 Å². The maximum absolute atomic E-state index is 11.1. The van der Waals surface area contributed by atoms with Crippen molar-refractivity contribution in [1.29, 1.82) is 0 Å². The Labute approximate surface area is 91.3 Å². The summed E-state index contributed by atoms with van der Waals surface area (Å²) < 4.78 is 0. The zero-order valence-electron chi connectivity index (χ0n) is 7.94. The number of thiophene rings is 1. The lowest BCUT2D eigenvalue weighted by atomic mass is 10.0. The number of rotatable bonds is 2. The number of carbonyl (C=O) groups is 1. The fourth-order valence-corrected chi connectivity index (χ4v) is 2.04. The van der Waals surface area contributed by atoms with Crippen LogP contribution in [-0.2, 0) is 0 Å². The molecule has 0 aliphatic carbocycles. The van der Waals surface area contributed by atoms with Gasteiger partial charge >= 0.3 is 0 Å². The Bertz CT molecular complexity index is 491. The largest absolute Gasteiger partial charge is 0.398 e. The lowest BCUT2D eigenvalue weighted by Gasteiger charge is -2.04. The highest BCUT2D eigenvalue weighted by Crippen LogP contribution is 2.25. The van der Waals surface area contributed by atoms with Gasteiger partial charge in [0, 0.05) is 5.69 Å². The van der Waals surface area contributed by atoms with Crippen LogP contribution in [0.5, 0.6) is 0 Å². The van der Waals surface area contributed by atoms with Gasteiger partial charge in [0.15, 0.2) is 0 Å². The number of nitrogen functional groups attached to an aromatic ring is 1. The zero-order chi connectivity index (χ0) is 10.8. The Morgan fingerprint density at radius 2 is 2.00 bits per heavy atom. The van der Waals surface area contributed by atoms with Gasteiger partial charge in [-0.25, -0.2) is 0 Å². The Morgan fingerprint density at radius 1 is 1.20 bits per heavy atom. The van der Waals surface area contributed by atoms with Crippen LogP contribution in [0.15, 0.2) is 35.0 Å². The third-order valence-corrected chi connectivity index (χ3v) is 2.86. The molecule has 0 bridgehead atoms. The predicted molar refractivity (Wildman–Crippen MR) is 62.7 cm³/mol. The van der Waals surface area contributed by atoms with Gasteiger partial charge in [-0.2, -0.15) is 11.3 Å². The van der Waals surface area contributed by atoms with E-state index in [2.05, 4.69) is 0 Å². The van der Waals surface area contributed by atoms with Crippen LogP contribution >= 0.6 is 11.3 Å². The molecule has 0 saturated carbocycles. The molecule has 2 rings (SSSR count). The average Bonchev–Trinajstić information content (AvgIpc) is 2.71.